The first kappa shape index (κ1) is 24.8. The fourth-order valence-corrected chi connectivity index (χ4v) is 3.81. The van der Waals surface area contributed by atoms with Crippen molar-refractivity contribution in [3.05, 3.63) is 65.2 Å². The lowest BCUT2D eigenvalue weighted by atomic mass is 10.0. The van der Waals surface area contributed by atoms with Gasteiger partial charge < -0.3 is 14.9 Å². The number of ether oxygens (including phenoxy) is 1. The standard InChI is InChI=1S/C24H23ClF2N4O4/c25-16-5-1-4-15(12-16)19-9-8-18-22(28-19)31(11-3-10-24(18,26)27)23(34)30-20-6-2-7-21(29-20)35-14-17(33)13-32/h1-2,4-9,12,17,32-33H,3,10-11,13-14H2,(H,29,30,34)/t17-/m1/s1. The van der Waals surface area contributed by atoms with Gasteiger partial charge in [-0.3, -0.25) is 10.2 Å². The second-order valence-electron chi connectivity index (χ2n) is 7.98. The van der Waals surface area contributed by atoms with Gasteiger partial charge in [0.1, 0.15) is 24.3 Å². The third kappa shape index (κ3) is 5.84. The van der Waals surface area contributed by atoms with Crippen LogP contribution in [0.1, 0.15) is 18.4 Å². The van der Waals surface area contributed by atoms with Crippen LogP contribution in [0.5, 0.6) is 5.88 Å². The Balaban J connectivity index is 1.63. The van der Waals surface area contributed by atoms with Crippen molar-refractivity contribution in [3.63, 3.8) is 0 Å². The minimum atomic E-state index is -3.15. The number of hydrogen-bond acceptors (Lipinski definition) is 6. The average Bonchev–Trinajstić information content (AvgIpc) is 2.98. The molecule has 0 bridgehead atoms. The van der Waals surface area contributed by atoms with E-state index in [1.807, 2.05) is 0 Å². The Bertz CT molecular complexity index is 1210. The summed E-state index contributed by atoms with van der Waals surface area (Å²) in [6, 6.07) is 13.5. The quantitative estimate of drug-likeness (QED) is 0.457. The van der Waals surface area contributed by atoms with Crippen molar-refractivity contribution >= 4 is 29.3 Å². The maximum atomic E-state index is 14.9. The molecule has 1 atom stereocenters. The molecule has 1 aliphatic heterocycles. The second kappa shape index (κ2) is 10.5. The number of amides is 2. The maximum Gasteiger partial charge on any atom is 0.328 e. The van der Waals surface area contributed by atoms with Crippen molar-refractivity contribution in [1.82, 2.24) is 9.97 Å². The Morgan fingerprint density at radius 3 is 2.77 bits per heavy atom. The Labute approximate surface area is 205 Å². The highest BCUT2D eigenvalue weighted by Gasteiger charge is 2.40. The smallest absolute Gasteiger partial charge is 0.328 e. The van der Waals surface area contributed by atoms with E-state index in [1.165, 1.54) is 29.2 Å². The fraction of sp³-hybridized carbons (Fsp3) is 0.292. The summed E-state index contributed by atoms with van der Waals surface area (Å²) in [5, 5.41) is 21.4. The molecule has 0 unspecified atom stereocenters. The lowest BCUT2D eigenvalue weighted by molar-refractivity contribution is -0.0122. The first-order valence-electron chi connectivity index (χ1n) is 10.9. The molecule has 2 amide bonds. The molecule has 8 nitrogen and oxygen atoms in total. The molecule has 0 aliphatic carbocycles. The summed E-state index contributed by atoms with van der Waals surface area (Å²) >= 11 is 6.07. The monoisotopic (exact) mass is 504 g/mol. The van der Waals surface area contributed by atoms with Crippen LogP contribution in [0, 0.1) is 0 Å². The van der Waals surface area contributed by atoms with Gasteiger partial charge in [0.05, 0.1) is 17.9 Å². The van der Waals surface area contributed by atoms with Gasteiger partial charge in [0.15, 0.2) is 0 Å². The lowest BCUT2D eigenvalue weighted by Gasteiger charge is -2.23. The molecule has 0 spiro atoms. The van der Waals surface area contributed by atoms with Gasteiger partial charge in [-0.15, -0.1) is 0 Å². The third-order valence-corrected chi connectivity index (χ3v) is 5.59. The molecule has 11 heteroatoms. The van der Waals surface area contributed by atoms with Gasteiger partial charge in [-0.1, -0.05) is 29.8 Å². The van der Waals surface area contributed by atoms with E-state index >= 15 is 0 Å². The van der Waals surface area contributed by atoms with Gasteiger partial charge in [0, 0.05) is 29.6 Å². The molecule has 35 heavy (non-hydrogen) atoms. The van der Waals surface area contributed by atoms with Crippen molar-refractivity contribution in [2.24, 2.45) is 0 Å². The number of benzene rings is 1. The first-order valence-corrected chi connectivity index (χ1v) is 11.3. The predicted molar refractivity (Wildman–Crippen MR) is 127 cm³/mol. The first-order chi connectivity index (χ1) is 16.8. The Hall–Kier alpha value is -3.34. The van der Waals surface area contributed by atoms with Crippen LogP contribution >= 0.6 is 11.6 Å². The number of carbonyl (C=O) groups is 1. The number of aromatic nitrogens is 2. The van der Waals surface area contributed by atoms with Crippen LogP contribution in [0.15, 0.2) is 54.6 Å². The Kier molecular flexibility index (Phi) is 7.44. The highest BCUT2D eigenvalue weighted by molar-refractivity contribution is 6.30. The largest absolute Gasteiger partial charge is 0.475 e. The highest BCUT2D eigenvalue weighted by Crippen LogP contribution is 2.42. The summed E-state index contributed by atoms with van der Waals surface area (Å²) in [7, 11) is 0. The number of halogens is 3. The Morgan fingerprint density at radius 1 is 1.20 bits per heavy atom. The van der Waals surface area contributed by atoms with Crippen molar-refractivity contribution in [3.8, 4) is 17.1 Å². The van der Waals surface area contributed by atoms with Crippen molar-refractivity contribution in [2.45, 2.75) is 24.9 Å². The lowest BCUT2D eigenvalue weighted by Crippen LogP contribution is -2.36. The van der Waals surface area contributed by atoms with Crippen LogP contribution in [0.3, 0.4) is 0 Å². The summed E-state index contributed by atoms with van der Waals surface area (Å²) in [6.45, 7) is -0.634. The van der Waals surface area contributed by atoms with Gasteiger partial charge in [0.25, 0.3) is 5.92 Å². The molecule has 1 aromatic carbocycles. The molecule has 4 rings (SSSR count). The van der Waals surface area contributed by atoms with Gasteiger partial charge in [-0.05, 0) is 36.8 Å². The van der Waals surface area contributed by atoms with Gasteiger partial charge in [-0.2, -0.15) is 4.98 Å². The zero-order valence-corrected chi connectivity index (χ0v) is 19.3. The predicted octanol–water partition coefficient (Wildman–Crippen LogP) is 4.45. The number of alkyl halides is 2. The summed E-state index contributed by atoms with van der Waals surface area (Å²) in [6.07, 6.45) is -1.43. The molecular formula is C24H23ClF2N4O4. The average molecular weight is 505 g/mol. The van der Waals surface area contributed by atoms with Crippen LogP contribution in [-0.4, -0.2) is 52.1 Å². The molecule has 184 valence electrons. The third-order valence-electron chi connectivity index (χ3n) is 5.36. The van der Waals surface area contributed by atoms with Crippen LogP contribution in [-0.2, 0) is 5.92 Å². The van der Waals surface area contributed by atoms with Gasteiger partial charge in [0.2, 0.25) is 5.88 Å². The minimum Gasteiger partial charge on any atom is -0.475 e. The van der Waals surface area contributed by atoms with Crippen LogP contribution < -0.4 is 15.0 Å². The topological polar surface area (TPSA) is 108 Å². The highest BCUT2D eigenvalue weighted by atomic mass is 35.5. The van der Waals surface area contributed by atoms with Crippen LogP contribution in [0.25, 0.3) is 11.3 Å². The van der Waals surface area contributed by atoms with Crippen molar-refractivity contribution < 1.29 is 28.5 Å². The number of aliphatic hydroxyl groups excluding tert-OH is 2. The maximum absolute atomic E-state index is 14.9. The zero-order chi connectivity index (χ0) is 25.0. The van der Waals surface area contributed by atoms with Gasteiger partial charge in [-0.25, -0.2) is 18.6 Å². The molecule has 2 aromatic heterocycles. The van der Waals surface area contributed by atoms with E-state index in [4.69, 9.17) is 21.4 Å². The molecule has 3 aromatic rings. The summed E-state index contributed by atoms with van der Waals surface area (Å²) in [5.74, 6) is -3.06. The number of nitrogens with zero attached hydrogens (tertiary/aromatic N) is 3. The number of rotatable bonds is 6. The normalized spacial score (nSPS) is 15.6. The summed E-state index contributed by atoms with van der Waals surface area (Å²) < 4.78 is 35.0. The molecule has 3 heterocycles. The van der Waals surface area contributed by atoms with E-state index in [0.717, 1.165) is 0 Å². The molecule has 0 saturated heterocycles. The zero-order valence-electron chi connectivity index (χ0n) is 18.5. The number of anilines is 2. The molecule has 0 fully saturated rings. The second-order valence-corrected chi connectivity index (χ2v) is 8.41. The van der Waals surface area contributed by atoms with E-state index < -0.39 is 31.1 Å². The van der Waals surface area contributed by atoms with Crippen molar-refractivity contribution in [2.75, 3.05) is 30.0 Å². The number of nitrogens with one attached hydrogen (secondary N) is 1. The number of aliphatic hydroxyl groups is 2. The van der Waals surface area contributed by atoms with E-state index in [2.05, 4.69) is 15.3 Å². The summed E-state index contributed by atoms with van der Waals surface area (Å²) in [5.41, 5.74) is 0.696. The van der Waals surface area contributed by atoms with Crippen LogP contribution in [0.4, 0.5) is 25.2 Å². The number of carbonyl (C=O) groups excluding carboxylic acids is 1. The molecular weight excluding hydrogens is 482 g/mol. The number of hydrogen-bond donors (Lipinski definition) is 3. The van der Waals surface area contributed by atoms with E-state index in [1.54, 1.807) is 30.3 Å². The van der Waals surface area contributed by atoms with Crippen molar-refractivity contribution in [1.29, 1.82) is 0 Å². The van der Waals surface area contributed by atoms with Crippen LogP contribution in [0.2, 0.25) is 5.02 Å². The fourth-order valence-electron chi connectivity index (χ4n) is 3.62. The SMILES string of the molecule is O=C(Nc1cccc(OC[C@H](O)CO)n1)N1CCCC(F)(F)c2ccc(-c3cccc(Cl)c3)nc21. The number of fused-ring (bicyclic) bond motifs is 1. The Morgan fingerprint density at radius 2 is 2.00 bits per heavy atom. The molecule has 1 aliphatic rings. The molecule has 0 saturated carbocycles. The minimum absolute atomic E-state index is 0.0271. The van der Waals surface area contributed by atoms with E-state index in [-0.39, 0.29) is 42.7 Å². The molecule has 0 radical (unpaired) electrons. The molecule has 3 N–H and O–H groups in total. The number of urea groups is 1. The van der Waals surface area contributed by atoms with E-state index in [9.17, 15) is 18.7 Å². The number of pyridine rings is 2. The van der Waals surface area contributed by atoms with E-state index in [0.29, 0.717) is 16.3 Å². The summed E-state index contributed by atoms with van der Waals surface area (Å²) in [4.78, 5) is 22.9. The van der Waals surface area contributed by atoms with Gasteiger partial charge >= 0.3 is 6.03 Å².